The van der Waals surface area contributed by atoms with Crippen molar-refractivity contribution < 1.29 is 9.53 Å². The zero-order valence-electron chi connectivity index (χ0n) is 16.7. The molecule has 0 fully saturated rings. The molecule has 1 heterocycles. The van der Waals surface area contributed by atoms with E-state index in [2.05, 4.69) is 5.32 Å². The first-order chi connectivity index (χ1) is 14.1. The van der Waals surface area contributed by atoms with Gasteiger partial charge < -0.3 is 10.1 Å². The molecule has 0 atom stereocenters. The lowest BCUT2D eigenvalue weighted by molar-refractivity contribution is 0.102. The third-order valence-electron chi connectivity index (χ3n) is 5.01. The van der Waals surface area contributed by atoms with Crippen molar-refractivity contribution in [2.75, 3.05) is 12.4 Å². The molecule has 0 saturated carbocycles. The highest BCUT2D eigenvalue weighted by Crippen LogP contribution is 2.31. The van der Waals surface area contributed by atoms with Gasteiger partial charge in [0, 0.05) is 10.9 Å². The monoisotopic (exact) mass is 382 g/mol. The molecule has 4 nitrogen and oxygen atoms in total. The van der Waals surface area contributed by atoms with Gasteiger partial charge in [-0.25, -0.2) is 4.98 Å². The molecule has 0 spiro atoms. The van der Waals surface area contributed by atoms with Crippen molar-refractivity contribution in [2.24, 2.45) is 0 Å². The molecule has 0 aliphatic rings. The smallest absolute Gasteiger partial charge is 0.256 e. The molecule has 1 amide bonds. The van der Waals surface area contributed by atoms with Gasteiger partial charge in [-0.15, -0.1) is 0 Å². The molecule has 0 aliphatic carbocycles. The van der Waals surface area contributed by atoms with E-state index < -0.39 is 0 Å². The van der Waals surface area contributed by atoms with Crippen LogP contribution in [0.25, 0.3) is 22.2 Å². The van der Waals surface area contributed by atoms with E-state index in [0.29, 0.717) is 17.0 Å². The number of fused-ring (bicyclic) bond motifs is 1. The van der Waals surface area contributed by atoms with Crippen LogP contribution in [0, 0.1) is 13.8 Å². The molecule has 4 aromatic rings. The summed E-state index contributed by atoms with van der Waals surface area (Å²) >= 11 is 0. The summed E-state index contributed by atoms with van der Waals surface area (Å²) in [4.78, 5) is 18.3. The minimum absolute atomic E-state index is 0.179. The van der Waals surface area contributed by atoms with Crippen molar-refractivity contribution in [1.82, 2.24) is 4.98 Å². The van der Waals surface area contributed by atoms with Crippen molar-refractivity contribution in [2.45, 2.75) is 13.8 Å². The molecule has 144 valence electrons. The van der Waals surface area contributed by atoms with Gasteiger partial charge in [-0.1, -0.05) is 54.6 Å². The van der Waals surface area contributed by atoms with Gasteiger partial charge in [-0.3, -0.25) is 4.79 Å². The fourth-order valence-electron chi connectivity index (χ4n) is 3.58. The Hall–Kier alpha value is -3.66. The Kier molecular flexibility index (Phi) is 5.00. The number of anilines is 1. The second-order valence-electron chi connectivity index (χ2n) is 7.00. The number of nitrogens with zero attached hydrogens (tertiary/aromatic N) is 1. The van der Waals surface area contributed by atoms with Crippen LogP contribution in [0.5, 0.6) is 5.75 Å². The Morgan fingerprint density at radius 2 is 1.66 bits per heavy atom. The number of carbonyl (C=O) groups excluding carboxylic acids is 1. The fourth-order valence-corrected chi connectivity index (χ4v) is 3.58. The highest BCUT2D eigenvalue weighted by Gasteiger charge is 2.20. The van der Waals surface area contributed by atoms with Gasteiger partial charge >= 0.3 is 0 Å². The van der Waals surface area contributed by atoms with E-state index in [1.165, 1.54) is 0 Å². The van der Waals surface area contributed by atoms with Crippen molar-refractivity contribution in [3.8, 4) is 17.0 Å². The van der Waals surface area contributed by atoms with Crippen LogP contribution >= 0.6 is 0 Å². The number of hydrogen-bond donors (Lipinski definition) is 1. The highest BCUT2D eigenvalue weighted by atomic mass is 16.5. The summed E-state index contributed by atoms with van der Waals surface area (Å²) in [6.07, 6.45) is 0. The predicted octanol–water partition coefficient (Wildman–Crippen LogP) is 5.78. The van der Waals surface area contributed by atoms with E-state index in [4.69, 9.17) is 9.72 Å². The molecule has 4 heteroatoms. The summed E-state index contributed by atoms with van der Waals surface area (Å²) in [6.45, 7) is 3.93. The summed E-state index contributed by atoms with van der Waals surface area (Å²) in [5.74, 6) is 0.449. The number of carbonyl (C=O) groups is 1. The lowest BCUT2D eigenvalue weighted by Gasteiger charge is -2.16. The van der Waals surface area contributed by atoms with E-state index in [1.54, 1.807) is 7.11 Å². The zero-order valence-corrected chi connectivity index (χ0v) is 16.7. The van der Waals surface area contributed by atoms with Gasteiger partial charge in [0.25, 0.3) is 5.91 Å². The number of aromatic nitrogens is 1. The first-order valence-electron chi connectivity index (χ1n) is 9.49. The molecule has 29 heavy (non-hydrogen) atoms. The summed E-state index contributed by atoms with van der Waals surface area (Å²) in [7, 11) is 1.60. The molecular formula is C25H22N2O2. The summed E-state index contributed by atoms with van der Waals surface area (Å²) < 4.78 is 5.42. The van der Waals surface area contributed by atoms with Gasteiger partial charge in [0.2, 0.25) is 0 Å². The van der Waals surface area contributed by atoms with Crippen LogP contribution in [0.4, 0.5) is 5.69 Å². The van der Waals surface area contributed by atoms with Crippen LogP contribution in [0.2, 0.25) is 0 Å². The number of aryl methyl sites for hydroxylation is 1. The van der Waals surface area contributed by atoms with Crippen LogP contribution in [0.15, 0.2) is 72.8 Å². The minimum Gasteiger partial charge on any atom is -0.495 e. The van der Waals surface area contributed by atoms with E-state index in [9.17, 15) is 4.79 Å². The maximum absolute atomic E-state index is 13.4. The van der Waals surface area contributed by atoms with Gasteiger partial charge in [0.05, 0.1) is 29.6 Å². The average Bonchev–Trinajstić information content (AvgIpc) is 2.74. The Morgan fingerprint density at radius 1 is 0.931 bits per heavy atom. The predicted molar refractivity (Wildman–Crippen MR) is 118 cm³/mol. The van der Waals surface area contributed by atoms with Crippen molar-refractivity contribution in [3.63, 3.8) is 0 Å². The van der Waals surface area contributed by atoms with E-state index in [1.807, 2.05) is 86.6 Å². The second kappa shape index (κ2) is 7.76. The van der Waals surface area contributed by atoms with Gasteiger partial charge in [-0.2, -0.15) is 0 Å². The SMILES string of the molecule is COc1ccc(C)cc1NC(=O)c1c(C)c(-c2ccccc2)nc2ccccc12. The summed E-state index contributed by atoms with van der Waals surface area (Å²) in [5, 5.41) is 3.87. The number of rotatable bonds is 4. The van der Waals surface area contributed by atoms with Gasteiger partial charge in [-0.05, 0) is 43.2 Å². The number of benzene rings is 3. The molecular weight excluding hydrogens is 360 g/mol. The Labute approximate surface area is 170 Å². The summed E-state index contributed by atoms with van der Waals surface area (Å²) in [6, 6.07) is 23.4. The topological polar surface area (TPSA) is 51.2 Å². The number of amides is 1. The van der Waals surface area contributed by atoms with Crippen molar-refractivity contribution in [3.05, 3.63) is 89.5 Å². The normalized spacial score (nSPS) is 10.7. The van der Waals surface area contributed by atoms with Crippen LogP contribution in [-0.4, -0.2) is 18.0 Å². The van der Waals surface area contributed by atoms with Crippen LogP contribution in [-0.2, 0) is 0 Å². The number of nitrogens with one attached hydrogen (secondary N) is 1. The summed E-state index contributed by atoms with van der Waals surface area (Å²) in [5.41, 5.74) is 5.75. The van der Waals surface area contributed by atoms with Crippen molar-refractivity contribution in [1.29, 1.82) is 0 Å². The van der Waals surface area contributed by atoms with Crippen molar-refractivity contribution >= 4 is 22.5 Å². The first-order valence-corrected chi connectivity index (χ1v) is 9.49. The molecule has 1 aromatic heterocycles. The Balaban J connectivity index is 1.88. The molecule has 0 bridgehead atoms. The number of ether oxygens (including phenoxy) is 1. The number of hydrogen-bond acceptors (Lipinski definition) is 3. The Bertz CT molecular complexity index is 1200. The average molecular weight is 382 g/mol. The largest absolute Gasteiger partial charge is 0.495 e. The highest BCUT2D eigenvalue weighted by molar-refractivity contribution is 6.14. The zero-order chi connectivity index (χ0) is 20.4. The maximum Gasteiger partial charge on any atom is 0.256 e. The van der Waals surface area contributed by atoms with E-state index in [-0.39, 0.29) is 5.91 Å². The minimum atomic E-state index is -0.179. The van der Waals surface area contributed by atoms with Gasteiger partial charge in [0.1, 0.15) is 5.75 Å². The van der Waals surface area contributed by atoms with E-state index in [0.717, 1.165) is 33.3 Å². The first kappa shape index (κ1) is 18.7. The number of methoxy groups -OCH3 is 1. The number of pyridine rings is 1. The van der Waals surface area contributed by atoms with E-state index >= 15 is 0 Å². The lowest BCUT2D eigenvalue weighted by Crippen LogP contribution is -2.16. The molecule has 0 unspecified atom stereocenters. The third-order valence-corrected chi connectivity index (χ3v) is 5.01. The standard InChI is InChI=1S/C25H22N2O2/c1-16-13-14-22(29-3)21(15-16)27-25(28)23-17(2)24(18-9-5-4-6-10-18)26-20-12-8-7-11-19(20)23/h4-15H,1-3H3,(H,27,28). The number of para-hydroxylation sites is 1. The van der Waals surface area contributed by atoms with Crippen LogP contribution in [0.3, 0.4) is 0 Å². The van der Waals surface area contributed by atoms with Crippen LogP contribution in [0.1, 0.15) is 21.5 Å². The van der Waals surface area contributed by atoms with Gasteiger partial charge in [0.15, 0.2) is 0 Å². The second-order valence-corrected chi connectivity index (χ2v) is 7.00. The maximum atomic E-state index is 13.4. The third kappa shape index (κ3) is 3.57. The van der Waals surface area contributed by atoms with Crippen LogP contribution < -0.4 is 10.1 Å². The molecule has 3 aromatic carbocycles. The lowest BCUT2D eigenvalue weighted by atomic mass is 9.97. The fraction of sp³-hybridized carbons (Fsp3) is 0.120. The molecule has 4 rings (SSSR count). The molecule has 0 aliphatic heterocycles. The Morgan fingerprint density at radius 3 is 2.41 bits per heavy atom. The molecule has 0 radical (unpaired) electrons. The molecule has 0 saturated heterocycles. The molecule has 1 N–H and O–H groups in total. The quantitative estimate of drug-likeness (QED) is 0.487.